The molecule has 3 aromatic rings. The molecule has 5 nitrogen and oxygen atoms in total. The maximum Gasteiger partial charge on any atom is 0.185 e. The second-order valence-electron chi connectivity index (χ2n) is 8.56. The summed E-state index contributed by atoms with van der Waals surface area (Å²) in [5.41, 5.74) is 1.56. The normalized spacial score (nSPS) is 21.5. The fourth-order valence-electron chi connectivity index (χ4n) is 4.35. The first-order valence-electron chi connectivity index (χ1n) is 11.4. The number of benzene rings is 3. The SMILES string of the molecule is CO[C@H]1C[C@H](OCc2ccccc2)C[C@@H](CC(c2ccc(Cl)cc2Cl)S(=O)(=O)c2ccccc2)O1. The monoisotopic (exact) mass is 534 g/mol. The Labute approximate surface area is 216 Å². The molecule has 0 bridgehead atoms. The lowest BCUT2D eigenvalue weighted by Gasteiger charge is -2.36. The van der Waals surface area contributed by atoms with Crippen molar-refractivity contribution < 1.29 is 22.6 Å². The van der Waals surface area contributed by atoms with Crippen LogP contribution in [0.1, 0.15) is 35.6 Å². The van der Waals surface area contributed by atoms with Crippen molar-refractivity contribution in [2.75, 3.05) is 7.11 Å². The predicted octanol–water partition coefficient (Wildman–Crippen LogP) is 6.64. The molecule has 1 aliphatic heterocycles. The van der Waals surface area contributed by atoms with Gasteiger partial charge in [-0.3, -0.25) is 0 Å². The summed E-state index contributed by atoms with van der Waals surface area (Å²) in [6.45, 7) is 0.462. The maximum absolute atomic E-state index is 13.8. The van der Waals surface area contributed by atoms with Gasteiger partial charge < -0.3 is 14.2 Å². The van der Waals surface area contributed by atoms with Crippen molar-refractivity contribution in [3.8, 4) is 0 Å². The van der Waals surface area contributed by atoms with E-state index in [2.05, 4.69) is 0 Å². The Balaban J connectivity index is 1.59. The Morgan fingerprint density at radius 1 is 0.971 bits per heavy atom. The first-order valence-corrected chi connectivity index (χ1v) is 13.7. The van der Waals surface area contributed by atoms with Crippen LogP contribution in [0.2, 0.25) is 10.0 Å². The quantitative estimate of drug-likeness (QED) is 0.308. The first-order chi connectivity index (χ1) is 16.9. The zero-order chi connectivity index (χ0) is 24.8. The molecule has 1 fully saturated rings. The third-order valence-corrected chi connectivity index (χ3v) is 8.84. The number of sulfone groups is 1. The molecule has 186 valence electrons. The number of halogens is 2. The molecule has 3 aromatic carbocycles. The molecule has 0 spiro atoms. The second kappa shape index (κ2) is 11.9. The molecule has 1 unspecified atom stereocenters. The van der Waals surface area contributed by atoms with Gasteiger partial charge in [0.15, 0.2) is 16.1 Å². The maximum atomic E-state index is 13.8. The van der Waals surface area contributed by atoms with Crippen LogP contribution in [0.4, 0.5) is 0 Å². The van der Waals surface area contributed by atoms with E-state index < -0.39 is 27.5 Å². The lowest BCUT2D eigenvalue weighted by molar-refractivity contribution is -0.213. The smallest absolute Gasteiger partial charge is 0.185 e. The summed E-state index contributed by atoms with van der Waals surface area (Å²) in [5, 5.41) is -0.180. The number of ether oxygens (including phenoxy) is 3. The molecule has 35 heavy (non-hydrogen) atoms. The standard InChI is InChI=1S/C27H28Cl2O5S/c1-32-27-17-21(33-18-19-8-4-2-5-9-19)15-22(34-27)16-26(24-13-12-20(28)14-25(24)29)35(30,31)23-10-6-3-7-11-23/h2-14,21-22,26-27H,15-18H2,1H3/t21-,22+,26?,27-/m1/s1. The zero-order valence-corrected chi connectivity index (χ0v) is 21.7. The highest BCUT2D eigenvalue weighted by Gasteiger charge is 2.37. The van der Waals surface area contributed by atoms with E-state index in [1.165, 1.54) is 0 Å². The van der Waals surface area contributed by atoms with E-state index in [4.69, 9.17) is 37.4 Å². The molecule has 4 rings (SSSR count). The van der Waals surface area contributed by atoms with Gasteiger partial charge >= 0.3 is 0 Å². The molecule has 0 radical (unpaired) electrons. The van der Waals surface area contributed by atoms with E-state index in [0.29, 0.717) is 35.1 Å². The molecule has 0 N–H and O–H groups in total. The minimum absolute atomic E-state index is 0.139. The summed E-state index contributed by atoms with van der Waals surface area (Å²) >= 11 is 12.6. The molecule has 8 heteroatoms. The fourth-order valence-corrected chi connectivity index (χ4v) is 6.83. The van der Waals surface area contributed by atoms with Gasteiger partial charge in [-0.05, 0) is 41.8 Å². The summed E-state index contributed by atoms with van der Waals surface area (Å²) < 4.78 is 45.4. The van der Waals surface area contributed by atoms with Crippen molar-refractivity contribution in [3.05, 3.63) is 100 Å². The molecule has 4 atom stereocenters. The van der Waals surface area contributed by atoms with Crippen LogP contribution in [-0.4, -0.2) is 34.0 Å². The second-order valence-corrected chi connectivity index (χ2v) is 11.5. The summed E-state index contributed by atoms with van der Waals surface area (Å²) in [5.74, 6) is 0. The Kier molecular flexibility index (Phi) is 8.87. The van der Waals surface area contributed by atoms with Gasteiger partial charge in [-0.2, -0.15) is 0 Å². The van der Waals surface area contributed by atoms with E-state index in [-0.39, 0.29) is 17.4 Å². The Bertz CT molecular complexity index is 1200. The molecule has 1 heterocycles. The van der Waals surface area contributed by atoms with E-state index in [9.17, 15) is 8.42 Å². The first kappa shape index (κ1) is 26.1. The van der Waals surface area contributed by atoms with E-state index in [1.54, 1.807) is 55.6 Å². The minimum Gasteiger partial charge on any atom is -0.373 e. The van der Waals surface area contributed by atoms with Crippen molar-refractivity contribution in [2.45, 2.75) is 54.5 Å². The topological polar surface area (TPSA) is 61.8 Å². The van der Waals surface area contributed by atoms with Gasteiger partial charge in [0.2, 0.25) is 0 Å². The van der Waals surface area contributed by atoms with Gasteiger partial charge in [-0.25, -0.2) is 8.42 Å². The molecule has 0 aromatic heterocycles. The van der Waals surface area contributed by atoms with Gasteiger partial charge in [0.05, 0.1) is 29.0 Å². The van der Waals surface area contributed by atoms with Gasteiger partial charge in [0.1, 0.15) is 0 Å². The lowest BCUT2D eigenvalue weighted by atomic mass is 9.98. The fraction of sp³-hybridized carbons (Fsp3) is 0.333. The van der Waals surface area contributed by atoms with Crippen molar-refractivity contribution >= 4 is 33.0 Å². The van der Waals surface area contributed by atoms with Crippen molar-refractivity contribution in [2.24, 2.45) is 0 Å². The minimum atomic E-state index is -3.77. The van der Waals surface area contributed by atoms with Crippen molar-refractivity contribution in [1.29, 1.82) is 0 Å². The summed E-state index contributed by atoms with van der Waals surface area (Å²) in [6, 6.07) is 23.2. The lowest BCUT2D eigenvalue weighted by Crippen LogP contribution is -2.39. The van der Waals surface area contributed by atoms with Crippen LogP contribution in [0.3, 0.4) is 0 Å². The van der Waals surface area contributed by atoms with Gasteiger partial charge in [0, 0.05) is 30.0 Å². The van der Waals surface area contributed by atoms with E-state index in [1.807, 2.05) is 30.3 Å². The van der Waals surface area contributed by atoms with Crippen LogP contribution in [0.5, 0.6) is 0 Å². The molecule has 0 amide bonds. The highest BCUT2D eigenvalue weighted by atomic mass is 35.5. The van der Waals surface area contributed by atoms with Gasteiger partial charge in [0.25, 0.3) is 0 Å². The van der Waals surface area contributed by atoms with E-state index >= 15 is 0 Å². The number of hydrogen-bond acceptors (Lipinski definition) is 5. The van der Waals surface area contributed by atoms with Crippen LogP contribution < -0.4 is 0 Å². The van der Waals surface area contributed by atoms with Gasteiger partial charge in [-0.15, -0.1) is 0 Å². The molecule has 1 saturated heterocycles. The molecule has 1 aliphatic rings. The molecule has 0 saturated carbocycles. The summed E-state index contributed by atoms with van der Waals surface area (Å²) in [7, 11) is -2.20. The third-order valence-electron chi connectivity index (χ3n) is 6.15. The van der Waals surface area contributed by atoms with Crippen LogP contribution in [-0.2, 0) is 30.7 Å². The van der Waals surface area contributed by atoms with Gasteiger partial charge in [-0.1, -0.05) is 77.8 Å². The Hall–Kier alpha value is -1.93. The Morgan fingerprint density at radius 3 is 2.31 bits per heavy atom. The zero-order valence-electron chi connectivity index (χ0n) is 19.3. The summed E-state index contributed by atoms with van der Waals surface area (Å²) in [6.07, 6.45) is 0.264. The van der Waals surface area contributed by atoms with Crippen LogP contribution in [0, 0.1) is 0 Å². The number of rotatable bonds is 9. The predicted molar refractivity (Wildman–Crippen MR) is 137 cm³/mol. The molecule has 0 aliphatic carbocycles. The highest BCUT2D eigenvalue weighted by molar-refractivity contribution is 7.91. The third kappa shape index (κ3) is 6.64. The van der Waals surface area contributed by atoms with Crippen molar-refractivity contribution in [1.82, 2.24) is 0 Å². The molecular weight excluding hydrogens is 507 g/mol. The largest absolute Gasteiger partial charge is 0.373 e. The van der Waals surface area contributed by atoms with Crippen LogP contribution in [0.25, 0.3) is 0 Å². The summed E-state index contributed by atoms with van der Waals surface area (Å²) in [4.78, 5) is 0.229. The number of hydrogen-bond donors (Lipinski definition) is 0. The van der Waals surface area contributed by atoms with Crippen LogP contribution in [0.15, 0.2) is 83.8 Å². The van der Waals surface area contributed by atoms with Crippen molar-refractivity contribution in [3.63, 3.8) is 0 Å². The highest BCUT2D eigenvalue weighted by Crippen LogP contribution is 2.40. The van der Waals surface area contributed by atoms with Crippen LogP contribution >= 0.6 is 23.2 Å². The average molecular weight is 535 g/mol. The number of methoxy groups -OCH3 is 1. The Morgan fingerprint density at radius 2 is 1.66 bits per heavy atom. The molecular formula is C27H28Cl2O5S. The van der Waals surface area contributed by atoms with E-state index in [0.717, 1.165) is 5.56 Å². The average Bonchev–Trinajstić information content (AvgIpc) is 2.87.